The molecule has 16 heavy (non-hydrogen) atoms. The molecule has 0 aliphatic carbocycles. The van der Waals surface area contributed by atoms with E-state index < -0.39 is 24.5 Å². The van der Waals surface area contributed by atoms with Crippen molar-refractivity contribution in [3.8, 4) is 0 Å². The average molecular weight is 224 g/mol. The first-order chi connectivity index (χ1) is 7.61. The summed E-state index contributed by atoms with van der Waals surface area (Å²) in [7, 11) is 0. The Kier molecular flexibility index (Phi) is 4.43. The highest BCUT2D eigenvalue weighted by Crippen LogP contribution is 2.11. The van der Waals surface area contributed by atoms with Gasteiger partial charge >= 0.3 is 0 Å². The molecule has 0 spiro atoms. The van der Waals surface area contributed by atoms with Crippen LogP contribution in [-0.4, -0.2) is 23.5 Å². The van der Waals surface area contributed by atoms with Crippen LogP contribution in [0, 0.1) is 0 Å². The summed E-state index contributed by atoms with van der Waals surface area (Å²) in [4.78, 5) is 26.1. The smallest absolute Gasteiger partial charge is 0.276 e. The average Bonchev–Trinajstić information content (AvgIpc) is 2.28. The molecule has 1 atom stereocenters. The van der Waals surface area contributed by atoms with Gasteiger partial charge in [0, 0.05) is 0 Å². The maximum Gasteiger partial charge on any atom is 0.276 e. The van der Waals surface area contributed by atoms with E-state index in [4.69, 9.17) is 5.73 Å². The van der Waals surface area contributed by atoms with E-state index in [2.05, 4.69) is 4.84 Å². The molecule has 1 aromatic carbocycles. The fourth-order valence-corrected chi connectivity index (χ4v) is 1.02. The zero-order valence-electron chi connectivity index (χ0n) is 8.42. The number of hydrogen-bond donors (Lipinski definition) is 3. The van der Waals surface area contributed by atoms with Crippen molar-refractivity contribution in [1.29, 1.82) is 0 Å². The Morgan fingerprint density at radius 2 is 2.00 bits per heavy atom. The van der Waals surface area contributed by atoms with Gasteiger partial charge < -0.3 is 10.8 Å². The first-order valence-electron chi connectivity index (χ1n) is 4.54. The maximum atomic E-state index is 11.3. The van der Waals surface area contributed by atoms with Crippen molar-refractivity contribution >= 4 is 11.8 Å². The highest BCUT2D eigenvalue weighted by molar-refractivity contribution is 5.81. The second kappa shape index (κ2) is 5.84. The van der Waals surface area contributed by atoms with Crippen LogP contribution in [0.15, 0.2) is 30.3 Å². The van der Waals surface area contributed by atoms with Crippen molar-refractivity contribution in [2.24, 2.45) is 5.73 Å². The SMILES string of the molecule is NC(=O)CONC(=O)C(O)c1ccccc1. The van der Waals surface area contributed by atoms with Gasteiger partial charge in [-0.3, -0.25) is 14.4 Å². The summed E-state index contributed by atoms with van der Waals surface area (Å²) < 4.78 is 0. The molecule has 6 heteroatoms. The lowest BCUT2D eigenvalue weighted by atomic mass is 10.1. The number of primary amides is 1. The van der Waals surface area contributed by atoms with E-state index in [0.717, 1.165) is 0 Å². The Bertz CT molecular complexity index is 366. The second-order valence-electron chi connectivity index (χ2n) is 3.03. The molecule has 6 nitrogen and oxygen atoms in total. The van der Waals surface area contributed by atoms with Crippen molar-refractivity contribution in [1.82, 2.24) is 5.48 Å². The van der Waals surface area contributed by atoms with Gasteiger partial charge in [0.25, 0.3) is 5.91 Å². The molecule has 0 fully saturated rings. The molecule has 2 amide bonds. The maximum absolute atomic E-state index is 11.3. The van der Waals surface area contributed by atoms with Gasteiger partial charge in [-0.15, -0.1) is 0 Å². The van der Waals surface area contributed by atoms with Crippen molar-refractivity contribution in [3.05, 3.63) is 35.9 Å². The zero-order chi connectivity index (χ0) is 12.0. The van der Waals surface area contributed by atoms with Gasteiger partial charge in [-0.2, -0.15) is 0 Å². The van der Waals surface area contributed by atoms with Gasteiger partial charge in [-0.1, -0.05) is 30.3 Å². The van der Waals surface area contributed by atoms with Crippen LogP contribution < -0.4 is 11.2 Å². The van der Waals surface area contributed by atoms with E-state index in [0.29, 0.717) is 5.56 Å². The van der Waals surface area contributed by atoms with Crippen LogP contribution >= 0.6 is 0 Å². The van der Waals surface area contributed by atoms with Gasteiger partial charge in [0.05, 0.1) is 0 Å². The topological polar surface area (TPSA) is 102 Å². The number of carbonyl (C=O) groups is 2. The third-order valence-corrected chi connectivity index (χ3v) is 1.75. The van der Waals surface area contributed by atoms with E-state index in [1.165, 1.54) is 0 Å². The molecule has 4 N–H and O–H groups in total. The predicted molar refractivity (Wildman–Crippen MR) is 54.7 cm³/mol. The minimum Gasteiger partial charge on any atom is -0.378 e. The summed E-state index contributed by atoms with van der Waals surface area (Å²) in [6.07, 6.45) is -1.34. The molecule has 1 rings (SSSR count). The van der Waals surface area contributed by atoms with Gasteiger partial charge in [-0.25, -0.2) is 5.48 Å². The number of benzene rings is 1. The summed E-state index contributed by atoms with van der Waals surface area (Å²) in [6, 6.07) is 8.33. The number of nitrogens with two attached hydrogens (primary N) is 1. The lowest BCUT2D eigenvalue weighted by Gasteiger charge is -2.10. The molecule has 0 heterocycles. The van der Waals surface area contributed by atoms with E-state index in [1.54, 1.807) is 30.3 Å². The number of hydrogen-bond acceptors (Lipinski definition) is 4. The number of rotatable bonds is 5. The van der Waals surface area contributed by atoms with E-state index in [9.17, 15) is 14.7 Å². The van der Waals surface area contributed by atoms with Crippen molar-refractivity contribution in [2.75, 3.05) is 6.61 Å². The van der Waals surface area contributed by atoms with E-state index >= 15 is 0 Å². The molecule has 0 aromatic heterocycles. The lowest BCUT2D eigenvalue weighted by Crippen LogP contribution is -2.32. The third-order valence-electron chi connectivity index (χ3n) is 1.75. The van der Waals surface area contributed by atoms with E-state index in [-0.39, 0.29) is 0 Å². The van der Waals surface area contributed by atoms with Crippen molar-refractivity contribution in [3.63, 3.8) is 0 Å². The minimum atomic E-state index is -1.34. The minimum absolute atomic E-state index is 0.433. The fourth-order valence-electron chi connectivity index (χ4n) is 1.02. The van der Waals surface area contributed by atoms with Crippen molar-refractivity contribution < 1.29 is 19.5 Å². The Labute approximate surface area is 92.0 Å². The van der Waals surface area contributed by atoms with Gasteiger partial charge in [-0.05, 0) is 5.56 Å². The first-order valence-corrected chi connectivity index (χ1v) is 4.54. The number of nitrogens with one attached hydrogen (secondary N) is 1. The molecule has 0 bridgehead atoms. The largest absolute Gasteiger partial charge is 0.378 e. The molecular weight excluding hydrogens is 212 g/mol. The summed E-state index contributed by atoms with van der Waals surface area (Å²) in [5.41, 5.74) is 7.14. The quantitative estimate of drug-likeness (QED) is 0.573. The highest BCUT2D eigenvalue weighted by Gasteiger charge is 2.16. The summed E-state index contributed by atoms with van der Waals surface area (Å²) >= 11 is 0. The number of carbonyl (C=O) groups excluding carboxylic acids is 2. The molecule has 86 valence electrons. The van der Waals surface area contributed by atoms with Crippen LogP contribution in [0.25, 0.3) is 0 Å². The van der Waals surface area contributed by atoms with Crippen LogP contribution in [0.3, 0.4) is 0 Å². The molecule has 1 aromatic rings. The highest BCUT2D eigenvalue weighted by atomic mass is 16.7. The first kappa shape index (κ1) is 12.2. The Balaban J connectivity index is 2.45. The molecule has 0 aliphatic heterocycles. The molecule has 0 aliphatic rings. The standard InChI is InChI=1S/C10H12N2O4/c11-8(13)6-16-12-10(15)9(14)7-4-2-1-3-5-7/h1-5,9,14H,6H2,(H2,11,13)(H,12,15). The van der Waals surface area contributed by atoms with E-state index in [1.807, 2.05) is 5.48 Å². The number of aliphatic hydroxyl groups excluding tert-OH is 1. The summed E-state index contributed by atoms with van der Waals surface area (Å²) in [5.74, 6) is -1.47. The number of aliphatic hydroxyl groups is 1. The van der Waals surface area contributed by atoms with Gasteiger partial charge in [0.1, 0.15) is 0 Å². The third kappa shape index (κ3) is 3.68. The van der Waals surface area contributed by atoms with Crippen molar-refractivity contribution in [2.45, 2.75) is 6.10 Å². The molecule has 0 saturated carbocycles. The lowest BCUT2D eigenvalue weighted by molar-refractivity contribution is -0.145. The van der Waals surface area contributed by atoms with Crippen LogP contribution in [-0.2, 0) is 14.4 Å². The number of hydroxylamine groups is 1. The molecule has 0 radical (unpaired) electrons. The molecule has 0 saturated heterocycles. The van der Waals surface area contributed by atoms with Crippen LogP contribution in [0.1, 0.15) is 11.7 Å². The Morgan fingerprint density at radius 3 is 2.56 bits per heavy atom. The molecule has 1 unspecified atom stereocenters. The Morgan fingerprint density at radius 1 is 1.38 bits per heavy atom. The number of amides is 2. The van der Waals surface area contributed by atoms with Crippen LogP contribution in [0.4, 0.5) is 0 Å². The zero-order valence-corrected chi connectivity index (χ0v) is 8.42. The fraction of sp³-hybridized carbons (Fsp3) is 0.200. The van der Waals surface area contributed by atoms with Crippen LogP contribution in [0.2, 0.25) is 0 Å². The predicted octanol–water partition coefficient (Wildman–Crippen LogP) is -0.747. The summed E-state index contributed by atoms with van der Waals surface area (Å²) in [5, 5.41) is 9.55. The van der Waals surface area contributed by atoms with Gasteiger partial charge in [0.15, 0.2) is 12.7 Å². The summed E-state index contributed by atoms with van der Waals surface area (Å²) in [6.45, 7) is -0.437. The monoisotopic (exact) mass is 224 g/mol. The second-order valence-corrected chi connectivity index (χ2v) is 3.03. The van der Waals surface area contributed by atoms with Gasteiger partial charge in [0.2, 0.25) is 5.91 Å². The molecular formula is C10H12N2O4. The Hall–Kier alpha value is -1.92. The normalized spacial score (nSPS) is 11.8. The van der Waals surface area contributed by atoms with Crippen LogP contribution in [0.5, 0.6) is 0 Å².